The standard InChI is InChI=1S/C14H26N2O/c1-14(6-3-2-4-7-14)12-15-8-5-9-16(13-17)11-10-15/h13H,2-12H2,1H3. The Morgan fingerprint density at radius 1 is 1.00 bits per heavy atom. The molecule has 0 unspecified atom stereocenters. The van der Waals surface area contributed by atoms with Gasteiger partial charge in [0.05, 0.1) is 0 Å². The van der Waals surface area contributed by atoms with Gasteiger partial charge in [0.1, 0.15) is 0 Å². The van der Waals surface area contributed by atoms with Gasteiger partial charge in [-0.2, -0.15) is 0 Å². The molecule has 0 aromatic heterocycles. The van der Waals surface area contributed by atoms with Crippen LogP contribution in [0.15, 0.2) is 0 Å². The summed E-state index contributed by atoms with van der Waals surface area (Å²) in [6.45, 7) is 7.78. The highest BCUT2D eigenvalue weighted by molar-refractivity contribution is 5.46. The quantitative estimate of drug-likeness (QED) is 0.703. The van der Waals surface area contributed by atoms with Crippen molar-refractivity contribution in [3.05, 3.63) is 0 Å². The number of carbonyl (C=O) groups excluding carboxylic acids is 1. The molecule has 17 heavy (non-hydrogen) atoms. The molecule has 0 aromatic rings. The smallest absolute Gasteiger partial charge is 0.209 e. The van der Waals surface area contributed by atoms with Crippen LogP contribution in [0.25, 0.3) is 0 Å². The highest BCUT2D eigenvalue weighted by Crippen LogP contribution is 2.36. The van der Waals surface area contributed by atoms with Crippen molar-refractivity contribution >= 4 is 6.41 Å². The van der Waals surface area contributed by atoms with E-state index in [1.165, 1.54) is 45.2 Å². The van der Waals surface area contributed by atoms with Crippen LogP contribution < -0.4 is 0 Å². The van der Waals surface area contributed by atoms with Crippen LogP contribution in [0.4, 0.5) is 0 Å². The molecule has 1 aliphatic heterocycles. The molecule has 0 radical (unpaired) electrons. The molecule has 1 amide bonds. The lowest BCUT2D eigenvalue weighted by Crippen LogP contribution is -2.39. The molecular formula is C14H26N2O. The van der Waals surface area contributed by atoms with Crippen molar-refractivity contribution in [1.82, 2.24) is 9.80 Å². The summed E-state index contributed by atoms with van der Waals surface area (Å²) in [5.41, 5.74) is 0.536. The lowest BCUT2D eigenvalue weighted by Gasteiger charge is -2.38. The first-order chi connectivity index (χ1) is 8.22. The minimum absolute atomic E-state index is 0.536. The van der Waals surface area contributed by atoms with E-state index in [0.29, 0.717) is 5.41 Å². The van der Waals surface area contributed by atoms with Crippen LogP contribution in [-0.4, -0.2) is 48.9 Å². The molecule has 0 N–H and O–H groups in total. The molecular weight excluding hydrogens is 212 g/mol. The Hall–Kier alpha value is -0.570. The van der Waals surface area contributed by atoms with Crippen molar-refractivity contribution in [2.75, 3.05) is 32.7 Å². The van der Waals surface area contributed by atoms with Crippen LogP contribution in [0, 0.1) is 5.41 Å². The Morgan fingerprint density at radius 2 is 1.76 bits per heavy atom. The van der Waals surface area contributed by atoms with E-state index in [4.69, 9.17) is 0 Å². The van der Waals surface area contributed by atoms with E-state index in [1.807, 2.05) is 4.90 Å². The van der Waals surface area contributed by atoms with E-state index in [9.17, 15) is 4.79 Å². The van der Waals surface area contributed by atoms with E-state index in [1.54, 1.807) is 0 Å². The summed E-state index contributed by atoms with van der Waals surface area (Å²) in [6, 6.07) is 0. The van der Waals surface area contributed by atoms with Crippen LogP contribution in [0.3, 0.4) is 0 Å². The van der Waals surface area contributed by atoms with Crippen molar-refractivity contribution in [2.45, 2.75) is 45.4 Å². The van der Waals surface area contributed by atoms with Gasteiger partial charge in [0.25, 0.3) is 0 Å². The maximum absolute atomic E-state index is 10.8. The van der Waals surface area contributed by atoms with Gasteiger partial charge < -0.3 is 9.80 Å². The number of carbonyl (C=O) groups is 1. The molecule has 2 rings (SSSR count). The molecule has 2 fully saturated rings. The first kappa shape index (κ1) is 12.9. The zero-order valence-electron chi connectivity index (χ0n) is 11.2. The average Bonchev–Trinajstić information content (AvgIpc) is 2.55. The fraction of sp³-hybridized carbons (Fsp3) is 0.929. The number of rotatable bonds is 3. The van der Waals surface area contributed by atoms with Crippen molar-refractivity contribution < 1.29 is 4.79 Å². The van der Waals surface area contributed by atoms with E-state index >= 15 is 0 Å². The van der Waals surface area contributed by atoms with Crippen molar-refractivity contribution in [2.24, 2.45) is 5.41 Å². The SMILES string of the molecule is CC1(CN2CCCN(C=O)CC2)CCCCC1. The second-order valence-corrected chi connectivity index (χ2v) is 6.14. The molecule has 0 spiro atoms. The molecule has 1 aliphatic carbocycles. The van der Waals surface area contributed by atoms with Crippen molar-refractivity contribution in [3.63, 3.8) is 0 Å². The van der Waals surface area contributed by atoms with Gasteiger partial charge in [-0.25, -0.2) is 0 Å². The maximum Gasteiger partial charge on any atom is 0.209 e. The fourth-order valence-electron chi connectivity index (χ4n) is 3.36. The highest BCUT2D eigenvalue weighted by atomic mass is 16.1. The molecule has 0 bridgehead atoms. The van der Waals surface area contributed by atoms with Gasteiger partial charge in [0, 0.05) is 26.2 Å². The van der Waals surface area contributed by atoms with Gasteiger partial charge in [-0.3, -0.25) is 4.79 Å². The summed E-state index contributed by atoms with van der Waals surface area (Å²) in [6.07, 6.45) is 9.16. The molecule has 98 valence electrons. The van der Waals surface area contributed by atoms with E-state index < -0.39 is 0 Å². The predicted molar refractivity (Wildman–Crippen MR) is 69.9 cm³/mol. The molecule has 0 atom stereocenters. The maximum atomic E-state index is 10.8. The monoisotopic (exact) mass is 238 g/mol. The van der Waals surface area contributed by atoms with Gasteiger partial charge in [0.15, 0.2) is 0 Å². The van der Waals surface area contributed by atoms with E-state index in [0.717, 1.165) is 32.5 Å². The molecule has 2 aliphatic rings. The third-order valence-electron chi connectivity index (χ3n) is 4.44. The van der Waals surface area contributed by atoms with Crippen LogP contribution in [0.5, 0.6) is 0 Å². The molecule has 1 saturated carbocycles. The Kier molecular flexibility index (Phi) is 4.43. The summed E-state index contributed by atoms with van der Waals surface area (Å²) in [5.74, 6) is 0. The fourth-order valence-corrected chi connectivity index (χ4v) is 3.36. The third kappa shape index (κ3) is 3.70. The number of hydrogen-bond donors (Lipinski definition) is 0. The number of hydrogen-bond acceptors (Lipinski definition) is 2. The van der Waals surface area contributed by atoms with Crippen LogP contribution >= 0.6 is 0 Å². The lowest BCUT2D eigenvalue weighted by molar-refractivity contribution is -0.118. The molecule has 3 nitrogen and oxygen atoms in total. The highest BCUT2D eigenvalue weighted by Gasteiger charge is 2.29. The first-order valence-electron chi connectivity index (χ1n) is 7.14. The molecule has 3 heteroatoms. The Morgan fingerprint density at radius 3 is 2.47 bits per heavy atom. The Balaban J connectivity index is 1.83. The summed E-state index contributed by atoms with van der Waals surface area (Å²) in [5, 5.41) is 0. The zero-order chi connectivity index (χ0) is 12.1. The molecule has 0 aromatic carbocycles. The van der Waals surface area contributed by atoms with E-state index in [-0.39, 0.29) is 0 Å². The zero-order valence-corrected chi connectivity index (χ0v) is 11.2. The summed E-state index contributed by atoms with van der Waals surface area (Å²) in [7, 11) is 0. The normalized spacial score (nSPS) is 26.5. The Bertz CT molecular complexity index is 249. The van der Waals surface area contributed by atoms with Crippen LogP contribution in [-0.2, 0) is 4.79 Å². The topological polar surface area (TPSA) is 23.6 Å². The first-order valence-corrected chi connectivity index (χ1v) is 7.14. The van der Waals surface area contributed by atoms with Gasteiger partial charge >= 0.3 is 0 Å². The minimum Gasteiger partial charge on any atom is -0.344 e. The van der Waals surface area contributed by atoms with Crippen molar-refractivity contribution in [1.29, 1.82) is 0 Å². The molecule has 1 saturated heterocycles. The van der Waals surface area contributed by atoms with Crippen molar-refractivity contribution in [3.8, 4) is 0 Å². The average molecular weight is 238 g/mol. The van der Waals surface area contributed by atoms with Crippen LogP contribution in [0.2, 0.25) is 0 Å². The van der Waals surface area contributed by atoms with Gasteiger partial charge in [0.2, 0.25) is 6.41 Å². The largest absolute Gasteiger partial charge is 0.344 e. The summed E-state index contributed by atoms with van der Waals surface area (Å²) in [4.78, 5) is 15.3. The number of nitrogens with zero attached hydrogens (tertiary/aromatic N) is 2. The van der Waals surface area contributed by atoms with Gasteiger partial charge in [-0.1, -0.05) is 26.2 Å². The minimum atomic E-state index is 0.536. The van der Waals surface area contributed by atoms with E-state index in [2.05, 4.69) is 11.8 Å². The van der Waals surface area contributed by atoms with Gasteiger partial charge in [-0.05, 0) is 31.2 Å². The van der Waals surface area contributed by atoms with Crippen LogP contribution in [0.1, 0.15) is 45.4 Å². The third-order valence-corrected chi connectivity index (χ3v) is 4.44. The number of amides is 1. The summed E-state index contributed by atoms with van der Waals surface area (Å²) >= 11 is 0. The van der Waals surface area contributed by atoms with Gasteiger partial charge in [-0.15, -0.1) is 0 Å². The second kappa shape index (κ2) is 5.85. The lowest BCUT2D eigenvalue weighted by atomic mass is 9.75. The predicted octanol–water partition coefficient (Wildman–Crippen LogP) is 2.12. The molecule has 1 heterocycles. The second-order valence-electron chi connectivity index (χ2n) is 6.14. The Labute approximate surface area is 105 Å². The summed E-state index contributed by atoms with van der Waals surface area (Å²) < 4.78 is 0.